The van der Waals surface area contributed by atoms with Gasteiger partial charge in [-0.15, -0.1) is 11.3 Å². The van der Waals surface area contributed by atoms with Gasteiger partial charge in [0.25, 0.3) is 0 Å². The summed E-state index contributed by atoms with van der Waals surface area (Å²) in [5.41, 5.74) is 1.12. The summed E-state index contributed by atoms with van der Waals surface area (Å²) in [6, 6.07) is 10.5. The highest BCUT2D eigenvalue weighted by molar-refractivity contribution is 7.12. The first-order valence-electron chi connectivity index (χ1n) is 7.33. The normalized spacial score (nSPS) is 11.5. The fraction of sp³-hybridized carbons (Fsp3) is 0.353. The van der Waals surface area contributed by atoms with Gasteiger partial charge >= 0.3 is 0 Å². The Balaban J connectivity index is 2.30. The Morgan fingerprint density at radius 1 is 1.41 bits per heavy atom. The lowest BCUT2D eigenvalue weighted by Gasteiger charge is -2.25. The zero-order valence-corrected chi connectivity index (χ0v) is 13.8. The molecule has 2 aromatic heterocycles. The van der Waals surface area contributed by atoms with Crippen molar-refractivity contribution in [3.63, 3.8) is 0 Å². The molecule has 0 amide bonds. The quantitative estimate of drug-likeness (QED) is 0.603. The minimum absolute atomic E-state index is 0.204. The summed E-state index contributed by atoms with van der Waals surface area (Å²) in [7, 11) is 0. The number of hydrogen-bond acceptors (Lipinski definition) is 4. The molecule has 0 aliphatic carbocycles. The topological polar surface area (TPSA) is 52.3 Å². The largest absolute Gasteiger partial charge is 0.350 e. The van der Waals surface area contributed by atoms with Gasteiger partial charge in [0, 0.05) is 31.5 Å². The van der Waals surface area contributed by atoms with Crippen LogP contribution in [0.25, 0.3) is 0 Å². The number of thiophene rings is 1. The molecule has 0 unspecified atom stereocenters. The Kier molecular flexibility index (Phi) is 6.11. The molecule has 2 heterocycles. The number of rotatable bonds is 6. The van der Waals surface area contributed by atoms with E-state index in [1.54, 1.807) is 17.5 Å². The Hall–Kier alpha value is -2.19. The van der Waals surface area contributed by atoms with Crippen molar-refractivity contribution in [2.75, 3.05) is 6.54 Å². The average molecular weight is 312 g/mol. The van der Waals surface area contributed by atoms with E-state index < -0.39 is 0 Å². The maximum atomic E-state index is 8.95. The Morgan fingerprint density at radius 2 is 2.27 bits per heavy atom. The molecule has 0 aliphatic rings. The van der Waals surface area contributed by atoms with Crippen molar-refractivity contribution in [3.05, 3.63) is 52.5 Å². The highest BCUT2D eigenvalue weighted by Gasteiger charge is 2.15. The first-order chi connectivity index (χ1) is 10.7. The van der Waals surface area contributed by atoms with Gasteiger partial charge in [-0.3, -0.25) is 9.98 Å². The molecule has 0 saturated carbocycles. The molecular weight excluding hydrogens is 292 g/mol. The summed E-state index contributed by atoms with van der Waals surface area (Å²) in [5, 5.41) is 11.0. The number of nitriles is 1. The van der Waals surface area contributed by atoms with Crippen LogP contribution in [0.3, 0.4) is 0 Å². The fourth-order valence-corrected chi connectivity index (χ4v) is 2.86. The summed E-state index contributed by atoms with van der Waals surface area (Å²) in [4.78, 5) is 12.3. The first kappa shape index (κ1) is 16.2. The molecule has 0 fully saturated rings. The summed E-state index contributed by atoms with van der Waals surface area (Å²) >= 11 is 1.67. The zero-order valence-electron chi connectivity index (χ0n) is 12.9. The second-order valence-electron chi connectivity index (χ2n) is 5.21. The molecule has 0 spiro atoms. The first-order valence-corrected chi connectivity index (χ1v) is 8.21. The molecule has 0 atom stereocenters. The minimum atomic E-state index is 0.204. The molecule has 22 heavy (non-hydrogen) atoms. The van der Waals surface area contributed by atoms with E-state index in [0.717, 1.165) is 16.3 Å². The maximum absolute atomic E-state index is 8.95. The molecule has 2 aromatic rings. The number of nitrogens with zero attached hydrogens (tertiary/aromatic N) is 4. The van der Waals surface area contributed by atoms with Gasteiger partial charge in [0.15, 0.2) is 0 Å². The van der Waals surface area contributed by atoms with Crippen LogP contribution in [-0.4, -0.2) is 28.3 Å². The average Bonchev–Trinajstić information content (AvgIpc) is 3.04. The second-order valence-corrected chi connectivity index (χ2v) is 6.16. The molecule has 0 aliphatic heterocycles. The highest BCUT2D eigenvalue weighted by Crippen LogP contribution is 2.17. The standard InChI is InChI=1S/C17H20N4S/c1-14(2)20-17(16-7-4-11-22-16)21(10-5-8-18)13-15-6-3-9-19-12-15/h3-4,6-7,9,11-12,14H,5,10,13H2,1-2H3. The summed E-state index contributed by atoms with van der Waals surface area (Å²) in [6.07, 6.45) is 4.11. The molecule has 0 N–H and O–H groups in total. The van der Waals surface area contributed by atoms with Crippen LogP contribution in [0, 0.1) is 11.3 Å². The van der Waals surface area contributed by atoms with Crippen LogP contribution in [0.1, 0.15) is 30.7 Å². The zero-order chi connectivity index (χ0) is 15.8. The van der Waals surface area contributed by atoms with Gasteiger partial charge in [-0.05, 0) is 36.9 Å². The smallest absolute Gasteiger partial charge is 0.141 e. The highest BCUT2D eigenvalue weighted by atomic mass is 32.1. The molecule has 0 bridgehead atoms. The molecule has 0 radical (unpaired) electrons. The van der Waals surface area contributed by atoms with Crippen LogP contribution in [0.4, 0.5) is 0 Å². The van der Waals surface area contributed by atoms with Gasteiger partial charge < -0.3 is 4.90 Å². The van der Waals surface area contributed by atoms with Crippen LogP contribution >= 0.6 is 11.3 Å². The van der Waals surface area contributed by atoms with E-state index >= 15 is 0 Å². The van der Waals surface area contributed by atoms with Crippen molar-refractivity contribution in [2.45, 2.75) is 32.9 Å². The van der Waals surface area contributed by atoms with E-state index in [4.69, 9.17) is 10.3 Å². The van der Waals surface area contributed by atoms with Crippen molar-refractivity contribution >= 4 is 17.2 Å². The van der Waals surface area contributed by atoms with Gasteiger partial charge in [-0.1, -0.05) is 12.1 Å². The second kappa shape index (κ2) is 8.30. The van der Waals surface area contributed by atoms with Gasteiger partial charge in [0.1, 0.15) is 5.84 Å². The van der Waals surface area contributed by atoms with Crippen molar-refractivity contribution in [3.8, 4) is 6.07 Å². The van der Waals surface area contributed by atoms with Gasteiger partial charge in [-0.2, -0.15) is 5.26 Å². The SMILES string of the molecule is CC(C)N=C(c1cccs1)N(CCC#N)Cc1cccnc1. The van der Waals surface area contributed by atoms with Crippen LogP contribution in [-0.2, 0) is 6.54 Å². The molecule has 5 heteroatoms. The van der Waals surface area contributed by atoms with Crippen LogP contribution in [0.5, 0.6) is 0 Å². The summed E-state index contributed by atoms with van der Waals surface area (Å²) in [6.45, 7) is 5.51. The molecule has 0 aromatic carbocycles. The van der Waals surface area contributed by atoms with Gasteiger partial charge in [-0.25, -0.2) is 0 Å². The third-order valence-corrected chi connectivity index (χ3v) is 3.88. The molecule has 2 rings (SSSR count). The number of hydrogen-bond donors (Lipinski definition) is 0. The lowest BCUT2D eigenvalue weighted by Crippen LogP contribution is -2.32. The Labute approximate surface area is 135 Å². The Morgan fingerprint density at radius 3 is 2.86 bits per heavy atom. The molecular formula is C17H20N4S. The predicted molar refractivity (Wildman–Crippen MR) is 90.9 cm³/mol. The number of aromatic nitrogens is 1. The van der Waals surface area contributed by atoms with E-state index in [2.05, 4.69) is 41.2 Å². The molecule has 114 valence electrons. The molecule has 0 saturated heterocycles. The van der Waals surface area contributed by atoms with Crippen molar-refractivity contribution in [1.82, 2.24) is 9.88 Å². The van der Waals surface area contributed by atoms with Crippen molar-refractivity contribution in [1.29, 1.82) is 5.26 Å². The lowest BCUT2D eigenvalue weighted by molar-refractivity contribution is 0.419. The third-order valence-electron chi connectivity index (χ3n) is 3.01. The van der Waals surface area contributed by atoms with E-state index in [1.807, 2.05) is 24.4 Å². The monoisotopic (exact) mass is 312 g/mol. The third kappa shape index (κ3) is 4.68. The number of aliphatic imine (C=N–C) groups is 1. The Bertz CT molecular complexity index is 626. The van der Waals surface area contributed by atoms with Crippen molar-refractivity contribution in [2.24, 2.45) is 4.99 Å². The van der Waals surface area contributed by atoms with Crippen molar-refractivity contribution < 1.29 is 0 Å². The number of pyridine rings is 1. The van der Waals surface area contributed by atoms with Gasteiger partial charge in [0.2, 0.25) is 0 Å². The van der Waals surface area contributed by atoms with E-state index in [0.29, 0.717) is 19.5 Å². The number of amidine groups is 1. The maximum Gasteiger partial charge on any atom is 0.141 e. The van der Waals surface area contributed by atoms with E-state index in [1.165, 1.54) is 0 Å². The summed E-state index contributed by atoms with van der Waals surface area (Å²) < 4.78 is 0. The fourth-order valence-electron chi connectivity index (χ4n) is 2.11. The van der Waals surface area contributed by atoms with Gasteiger partial charge in [0.05, 0.1) is 17.4 Å². The van der Waals surface area contributed by atoms with E-state index in [-0.39, 0.29) is 6.04 Å². The molecule has 4 nitrogen and oxygen atoms in total. The summed E-state index contributed by atoms with van der Waals surface area (Å²) in [5.74, 6) is 0.962. The predicted octanol–water partition coefficient (Wildman–Crippen LogP) is 3.71. The van der Waals surface area contributed by atoms with E-state index in [9.17, 15) is 0 Å². The van der Waals surface area contributed by atoms with Crippen LogP contribution < -0.4 is 0 Å². The minimum Gasteiger partial charge on any atom is -0.350 e. The lowest BCUT2D eigenvalue weighted by atomic mass is 10.2. The van der Waals surface area contributed by atoms with Crippen LogP contribution in [0.2, 0.25) is 0 Å². The van der Waals surface area contributed by atoms with Crippen LogP contribution in [0.15, 0.2) is 47.0 Å².